The molecule has 0 spiro atoms. The maximum Gasteiger partial charge on any atom is 0.247 e. The molecule has 23 heavy (non-hydrogen) atoms. The molecule has 2 aromatic rings. The minimum atomic E-state index is -0.985. The van der Waals surface area contributed by atoms with Gasteiger partial charge in [-0.05, 0) is 19.4 Å². The molecule has 1 aromatic heterocycles. The first-order chi connectivity index (χ1) is 11.0. The molecule has 2 N–H and O–H groups in total. The van der Waals surface area contributed by atoms with Crippen molar-refractivity contribution in [2.75, 3.05) is 31.1 Å². The number of carbonyl (C=O) groups is 1. The number of nitrogens with zero attached hydrogens (tertiary/aromatic N) is 3. The van der Waals surface area contributed by atoms with Gasteiger partial charge in [0.05, 0.1) is 5.69 Å². The monoisotopic (exact) mass is 330 g/mol. The number of aromatic nitrogens is 1. The number of benzene rings is 1. The van der Waals surface area contributed by atoms with Crippen molar-refractivity contribution in [2.24, 2.45) is 5.73 Å². The van der Waals surface area contributed by atoms with Crippen LogP contribution in [0.3, 0.4) is 0 Å². The van der Waals surface area contributed by atoms with Crippen LogP contribution in [-0.2, 0) is 10.3 Å². The molecule has 2 heterocycles. The van der Waals surface area contributed by atoms with Crippen molar-refractivity contribution in [3.05, 3.63) is 47.0 Å². The largest absolute Gasteiger partial charge is 0.345 e. The van der Waals surface area contributed by atoms with E-state index in [2.05, 4.69) is 15.3 Å². The Morgan fingerprint density at radius 3 is 2.43 bits per heavy atom. The van der Waals surface area contributed by atoms with E-state index in [1.165, 1.54) is 0 Å². The third-order valence-corrected chi connectivity index (χ3v) is 5.28. The Labute approximate surface area is 140 Å². The number of aryl methyl sites for hydroxylation is 1. The Morgan fingerprint density at radius 2 is 1.87 bits per heavy atom. The van der Waals surface area contributed by atoms with Crippen LogP contribution >= 0.6 is 11.3 Å². The van der Waals surface area contributed by atoms with Crippen LogP contribution in [0.15, 0.2) is 35.7 Å². The van der Waals surface area contributed by atoms with Gasteiger partial charge in [0.2, 0.25) is 5.91 Å². The van der Waals surface area contributed by atoms with Crippen LogP contribution in [0.4, 0.5) is 5.13 Å². The van der Waals surface area contributed by atoms with Gasteiger partial charge in [-0.1, -0.05) is 30.3 Å². The zero-order chi connectivity index (χ0) is 16.4. The number of hydrogen-bond acceptors (Lipinski definition) is 5. The highest BCUT2D eigenvalue weighted by molar-refractivity contribution is 7.13. The Balaban J connectivity index is 1.66. The molecule has 0 saturated carbocycles. The van der Waals surface area contributed by atoms with Gasteiger partial charge in [-0.3, -0.25) is 4.79 Å². The summed E-state index contributed by atoms with van der Waals surface area (Å²) in [7, 11) is 0. The lowest BCUT2D eigenvalue weighted by molar-refractivity contribution is -0.137. The first kappa shape index (κ1) is 16.0. The van der Waals surface area contributed by atoms with Gasteiger partial charge in [0.25, 0.3) is 0 Å². The van der Waals surface area contributed by atoms with Crippen molar-refractivity contribution in [2.45, 2.75) is 19.4 Å². The fraction of sp³-hybridized carbons (Fsp3) is 0.412. The number of carbonyl (C=O) groups excluding carboxylic acids is 1. The number of thiazole rings is 1. The summed E-state index contributed by atoms with van der Waals surface area (Å²) in [6.07, 6.45) is 0. The van der Waals surface area contributed by atoms with Gasteiger partial charge in [0, 0.05) is 31.6 Å². The van der Waals surface area contributed by atoms with Gasteiger partial charge in [-0.2, -0.15) is 0 Å². The van der Waals surface area contributed by atoms with E-state index < -0.39 is 5.54 Å². The van der Waals surface area contributed by atoms with Crippen LogP contribution in [0.5, 0.6) is 0 Å². The first-order valence-electron chi connectivity index (χ1n) is 7.79. The zero-order valence-corrected chi connectivity index (χ0v) is 14.3. The van der Waals surface area contributed by atoms with Crippen LogP contribution in [0.25, 0.3) is 0 Å². The summed E-state index contributed by atoms with van der Waals surface area (Å²) in [6.45, 7) is 6.74. The molecule has 0 radical (unpaired) electrons. The molecule has 1 atom stereocenters. The maximum absolute atomic E-state index is 12.8. The summed E-state index contributed by atoms with van der Waals surface area (Å²) >= 11 is 1.65. The Kier molecular flexibility index (Phi) is 4.37. The number of amides is 1. The molecule has 1 saturated heterocycles. The van der Waals surface area contributed by atoms with E-state index in [1.807, 2.05) is 42.2 Å². The minimum absolute atomic E-state index is 0.0151. The van der Waals surface area contributed by atoms with Crippen LogP contribution < -0.4 is 10.6 Å². The van der Waals surface area contributed by atoms with Crippen molar-refractivity contribution in [3.63, 3.8) is 0 Å². The molecule has 5 nitrogen and oxygen atoms in total. The molecule has 1 amide bonds. The predicted molar refractivity (Wildman–Crippen MR) is 93.6 cm³/mol. The molecule has 1 fully saturated rings. The van der Waals surface area contributed by atoms with Gasteiger partial charge >= 0.3 is 0 Å². The second-order valence-electron chi connectivity index (χ2n) is 6.12. The summed E-state index contributed by atoms with van der Waals surface area (Å²) < 4.78 is 0. The fourth-order valence-corrected chi connectivity index (χ4v) is 3.68. The van der Waals surface area contributed by atoms with Gasteiger partial charge in [-0.25, -0.2) is 4.98 Å². The summed E-state index contributed by atoms with van der Waals surface area (Å²) in [6, 6.07) is 9.57. The van der Waals surface area contributed by atoms with Crippen molar-refractivity contribution < 1.29 is 4.79 Å². The van der Waals surface area contributed by atoms with Crippen molar-refractivity contribution in [1.82, 2.24) is 9.88 Å². The summed E-state index contributed by atoms with van der Waals surface area (Å²) in [5.41, 5.74) is 7.26. The summed E-state index contributed by atoms with van der Waals surface area (Å²) in [5.74, 6) is -0.0151. The zero-order valence-electron chi connectivity index (χ0n) is 13.5. The van der Waals surface area contributed by atoms with Gasteiger partial charge < -0.3 is 15.5 Å². The van der Waals surface area contributed by atoms with Crippen molar-refractivity contribution in [3.8, 4) is 0 Å². The molecule has 0 bridgehead atoms. The molecule has 1 aliphatic rings. The second-order valence-corrected chi connectivity index (χ2v) is 6.96. The number of nitrogens with two attached hydrogens (primary N) is 1. The maximum atomic E-state index is 12.8. The fourth-order valence-electron chi connectivity index (χ4n) is 2.82. The SMILES string of the molecule is Cc1csc(N2CCN(C(=O)C(C)(N)c3ccccc3)CC2)n1. The highest BCUT2D eigenvalue weighted by atomic mass is 32.1. The molecule has 1 aromatic carbocycles. The highest BCUT2D eigenvalue weighted by Gasteiger charge is 2.35. The molecule has 0 aliphatic carbocycles. The van der Waals surface area contributed by atoms with Crippen molar-refractivity contribution >= 4 is 22.4 Å². The first-order valence-corrected chi connectivity index (χ1v) is 8.67. The second kappa shape index (κ2) is 6.29. The lowest BCUT2D eigenvalue weighted by Crippen LogP contribution is -2.56. The molecule has 1 unspecified atom stereocenters. The van der Waals surface area contributed by atoms with Crippen LogP contribution in [0, 0.1) is 6.92 Å². The summed E-state index contributed by atoms with van der Waals surface area (Å²) in [5, 5.41) is 3.09. The minimum Gasteiger partial charge on any atom is -0.345 e. The van der Waals surface area contributed by atoms with Gasteiger partial charge in [-0.15, -0.1) is 11.3 Å². The van der Waals surface area contributed by atoms with E-state index in [4.69, 9.17) is 5.73 Å². The molecule has 1 aliphatic heterocycles. The van der Waals surface area contributed by atoms with E-state index in [9.17, 15) is 4.79 Å². The third-order valence-electron chi connectivity index (χ3n) is 4.26. The lowest BCUT2D eigenvalue weighted by atomic mass is 9.91. The van der Waals surface area contributed by atoms with Crippen LogP contribution in [-0.4, -0.2) is 42.0 Å². The van der Waals surface area contributed by atoms with Gasteiger partial charge in [0.15, 0.2) is 5.13 Å². The Hall–Kier alpha value is -1.92. The number of piperazine rings is 1. The van der Waals surface area contributed by atoms with E-state index in [1.54, 1.807) is 18.3 Å². The molecular formula is C17H22N4OS. The topological polar surface area (TPSA) is 62.5 Å². The molecule has 3 rings (SSSR count). The smallest absolute Gasteiger partial charge is 0.247 e. The number of anilines is 1. The normalized spacial score (nSPS) is 17.9. The number of hydrogen-bond donors (Lipinski definition) is 1. The van der Waals surface area contributed by atoms with E-state index in [0.29, 0.717) is 13.1 Å². The molecule has 122 valence electrons. The average Bonchev–Trinajstić information content (AvgIpc) is 3.01. The van der Waals surface area contributed by atoms with E-state index in [0.717, 1.165) is 29.5 Å². The summed E-state index contributed by atoms with van der Waals surface area (Å²) in [4.78, 5) is 21.5. The van der Waals surface area contributed by atoms with Crippen LogP contribution in [0.1, 0.15) is 18.2 Å². The quantitative estimate of drug-likeness (QED) is 0.935. The van der Waals surface area contributed by atoms with Crippen molar-refractivity contribution in [1.29, 1.82) is 0 Å². The van der Waals surface area contributed by atoms with E-state index >= 15 is 0 Å². The standard InChI is InChI=1S/C17H22N4OS/c1-13-12-23-16(19-13)21-10-8-20(9-11-21)15(22)17(2,18)14-6-4-3-5-7-14/h3-7,12H,8-11,18H2,1-2H3. The van der Waals surface area contributed by atoms with Gasteiger partial charge in [0.1, 0.15) is 5.54 Å². The van der Waals surface area contributed by atoms with E-state index in [-0.39, 0.29) is 5.91 Å². The molecule has 6 heteroatoms. The average molecular weight is 330 g/mol. The Bertz CT molecular complexity index is 675. The highest BCUT2D eigenvalue weighted by Crippen LogP contribution is 2.24. The predicted octanol–water partition coefficient (Wildman–Crippen LogP) is 1.97. The van der Waals surface area contributed by atoms with Crippen LogP contribution in [0.2, 0.25) is 0 Å². The lowest BCUT2D eigenvalue weighted by Gasteiger charge is -2.38. The molecular weight excluding hydrogens is 308 g/mol. The third kappa shape index (κ3) is 3.23. The Morgan fingerprint density at radius 1 is 1.22 bits per heavy atom. The number of rotatable bonds is 3.